The fraction of sp³-hybridized carbons (Fsp3) is 0.484. The minimum absolute atomic E-state index is 0.0342. The van der Waals surface area contributed by atoms with E-state index in [0.717, 1.165) is 57.7 Å². The zero-order chi connectivity index (χ0) is 27.0. The third-order valence-corrected chi connectivity index (χ3v) is 9.83. The summed E-state index contributed by atoms with van der Waals surface area (Å²) in [4.78, 5) is 17.5. The van der Waals surface area contributed by atoms with Gasteiger partial charge in [0.15, 0.2) is 5.82 Å². The second-order valence-electron chi connectivity index (χ2n) is 12.2. The summed E-state index contributed by atoms with van der Waals surface area (Å²) in [5.41, 5.74) is 2.22. The molecular weight excluding hydrogens is 510 g/mol. The predicted octanol–water partition coefficient (Wildman–Crippen LogP) is 5.31. The van der Waals surface area contributed by atoms with Gasteiger partial charge in [-0.25, -0.2) is 8.78 Å². The lowest BCUT2D eigenvalue weighted by molar-refractivity contribution is 0.108. The number of ether oxygens (including phenoxy) is 1. The van der Waals surface area contributed by atoms with E-state index in [4.69, 9.17) is 9.72 Å². The van der Waals surface area contributed by atoms with Crippen LogP contribution in [0.5, 0.6) is 6.01 Å². The van der Waals surface area contributed by atoms with Gasteiger partial charge in [0.1, 0.15) is 23.8 Å². The molecule has 2 aromatic carbocycles. The molecule has 4 aromatic rings. The average molecular weight is 545 g/mol. The van der Waals surface area contributed by atoms with Crippen LogP contribution in [-0.4, -0.2) is 70.3 Å². The normalized spacial score (nSPS) is 23.9. The van der Waals surface area contributed by atoms with Crippen molar-refractivity contribution >= 4 is 27.6 Å². The number of H-pyrrole nitrogens is 1. The van der Waals surface area contributed by atoms with Gasteiger partial charge in [0.25, 0.3) is 0 Å². The van der Waals surface area contributed by atoms with E-state index in [1.54, 1.807) is 25.3 Å². The Balaban J connectivity index is 1.25. The molecule has 7 nitrogen and oxygen atoms in total. The number of benzene rings is 2. The number of hydrogen-bond acceptors (Lipinski definition) is 6. The number of nitrogens with zero attached hydrogens (tertiary/aromatic N) is 4. The molecule has 4 saturated heterocycles. The number of piperazine rings is 1. The standard InChI is InChI=1S/C31H34F2N6O/c1-18-4-9-24-25(26(18)32)23(14-34-24)21-7-8-22-28(27(21)33)36-30(40-17-31-10-2-12-39(31)13-3-11-31)37-29(22)38-15-19-5-6-20(16-38)35-19/h4,7-9,14,19-20,34-35H,2-3,5-6,10-13,15-17H2,1H3/t19-,20+. The number of aryl methyl sites for hydroxylation is 1. The summed E-state index contributed by atoms with van der Waals surface area (Å²) in [5, 5.41) is 4.72. The van der Waals surface area contributed by atoms with Crippen LogP contribution < -0.4 is 15.0 Å². The Bertz CT molecular complexity index is 1610. The van der Waals surface area contributed by atoms with Crippen LogP contribution in [0, 0.1) is 18.6 Å². The number of halogens is 2. The van der Waals surface area contributed by atoms with Crippen molar-refractivity contribution < 1.29 is 13.5 Å². The average Bonchev–Trinajstić information content (AvgIpc) is 3.73. The van der Waals surface area contributed by atoms with E-state index in [1.165, 1.54) is 12.8 Å². The summed E-state index contributed by atoms with van der Waals surface area (Å²) >= 11 is 0. The molecule has 2 bridgehead atoms. The van der Waals surface area contributed by atoms with Gasteiger partial charge in [-0.05, 0) is 76.2 Å². The van der Waals surface area contributed by atoms with Crippen LogP contribution in [0.1, 0.15) is 44.1 Å². The zero-order valence-electron chi connectivity index (χ0n) is 22.8. The van der Waals surface area contributed by atoms with Crippen molar-refractivity contribution in [2.45, 2.75) is 63.1 Å². The molecule has 0 spiro atoms. The predicted molar refractivity (Wildman–Crippen MR) is 152 cm³/mol. The lowest BCUT2D eigenvalue weighted by atomic mass is 9.95. The maximum Gasteiger partial charge on any atom is 0.319 e. The Morgan fingerprint density at radius 1 is 0.975 bits per heavy atom. The van der Waals surface area contributed by atoms with Gasteiger partial charge < -0.3 is 19.9 Å². The van der Waals surface area contributed by atoms with Crippen LogP contribution in [-0.2, 0) is 0 Å². The topological polar surface area (TPSA) is 69.3 Å². The summed E-state index contributed by atoms with van der Waals surface area (Å²) in [6.45, 7) is 6.08. The highest BCUT2D eigenvalue weighted by Gasteiger charge is 2.45. The Kier molecular flexibility index (Phi) is 5.58. The van der Waals surface area contributed by atoms with Crippen molar-refractivity contribution in [3.8, 4) is 17.1 Å². The molecule has 2 N–H and O–H groups in total. The van der Waals surface area contributed by atoms with Crippen LogP contribution in [0.3, 0.4) is 0 Å². The first-order chi connectivity index (χ1) is 19.5. The van der Waals surface area contributed by atoms with Gasteiger partial charge in [0.05, 0.1) is 5.54 Å². The molecule has 0 unspecified atom stereocenters. The molecule has 0 aliphatic carbocycles. The summed E-state index contributed by atoms with van der Waals surface area (Å²) in [6, 6.07) is 8.21. The Hall–Kier alpha value is -3.30. The molecule has 4 aliphatic heterocycles. The van der Waals surface area contributed by atoms with E-state index in [0.29, 0.717) is 51.7 Å². The molecule has 0 amide bonds. The van der Waals surface area contributed by atoms with Crippen LogP contribution in [0.2, 0.25) is 0 Å². The van der Waals surface area contributed by atoms with Crippen molar-refractivity contribution in [1.82, 2.24) is 25.2 Å². The van der Waals surface area contributed by atoms with Gasteiger partial charge in [0.2, 0.25) is 0 Å². The summed E-state index contributed by atoms with van der Waals surface area (Å²) in [5.74, 6) is -0.0988. The SMILES string of the molecule is Cc1ccc2[nH]cc(-c3ccc4c(N5C[C@H]6CC[C@@H](C5)N6)nc(OCC56CCCN5CCC6)nc4c3F)c2c1F. The van der Waals surface area contributed by atoms with Gasteiger partial charge >= 0.3 is 6.01 Å². The Morgan fingerprint density at radius 2 is 1.75 bits per heavy atom. The minimum Gasteiger partial charge on any atom is -0.461 e. The van der Waals surface area contributed by atoms with E-state index in [2.05, 4.69) is 25.1 Å². The van der Waals surface area contributed by atoms with E-state index in [1.807, 2.05) is 12.1 Å². The first-order valence-electron chi connectivity index (χ1n) is 14.6. The van der Waals surface area contributed by atoms with Crippen molar-refractivity contribution in [3.05, 3.63) is 47.7 Å². The van der Waals surface area contributed by atoms with Crippen LogP contribution in [0.25, 0.3) is 32.9 Å². The summed E-state index contributed by atoms with van der Waals surface area (Å²) in [7, 11) is 0. The molecule has 4 aliphatic rings. The molecule has 0 saturated carbocycles. The van der Waals surface area contributed by atoms with Crippen LogP contribution in [0.4, 0.5) is 14.6 Å². The highest BCUT2D eigenvalue weighted by atomic mass is 19.1. The zero-order valence-corrected chi connectivity index (χ0v) is 22.8. The van der Waals surface area contributed by atoms with E-state index < -0.39 is 5.82 Å². The van der Waals surface area contributed by atoms with Gasteiger partial charge in [0, 0.05) is 58.8 Å². The Morgan fingerprint density at radius 3 is 2.52 bits per heavy atom. The fourth-order valence-electron chi connectivity index (χ4n) is 7.77. The number of anilines is 1. The summed E-state index contributed by atoms with van der Waals surface area (Å²) in [6.07, 6.45) is 8.52. The number of rotatable bonds is 5. The number of aromatic nitrogens is 3. The quantitative estimate of drug-likeness (QED) is 0.355. The third kappa shape index (κ3) is 3.74. The van der Waals surface area contributed by atoms with Gasteiger partial charge in [-0.15, -0.1) is 0 Å². The highest BCUT2D eigenvalue weighted by Crippen LogP contribution is 2.41. The van der Waals surface area contributed by atoms with Crippen molar-refractivity contribution in [2.24, 2.45) is 0 Å². The number of nitrogens with one attached hydrogen (secondary N) is 2. The molecule has 4 fully saturated rings. The molecular formula is C31H34F2N6O. The van der Waals surface area contributed by atoms with E-state index in [9.17, 15) is 0 Å². The Labute approximate surface area is 231 Å². The maximum atomic E-state index is 16.5. The number of hydrogen-bond donors (Lipinski definition) is 2. The van der Waals surface area contributed by atoms with Crippen molar-refractivity contribution in [3.63, 3.8) is 0 Å². The monoisotopic (exact) mass is 544 g/mol. The van der Waals surface area contributed by atoms with Gasteiger partial charge in [-0.1, -0.05) is 12.1 Å². The second kappa shape index (κ2) is 9.11. The largest absolute Gasteiger partial charge is 0.461 e. The minimum atomic E-state index is -0.479. The van der Waals surface area contributed by atoms with E-state index in [-0.39, 0.29) is 22.9 Å². The molecule has 8 rings (SSSR count). The number of aromatic amines is 1. The van der Waals surface area contributed by atoms with Crippen molar-refractivity contribution in [2.75, 3.05) is 37.7 Å². The summed E-state index contributed by atoms with van der Waals surface area (Å²) < 4.78 is 38.1. The lowest BCUT2D eigenvalue weighted by Gasteiger charge is -2.34. The number of fused-ring (bicyclic) bond motifs is 5. The third-order valence-electron chi connectivity index (χ3n) is 9.83. The first kappa shape index (κ1) is 24.5. The molecule has 6 heterocycles. The van der Waals surface area contributed by atoms with Crippen molar-refractivity contribution in [1.29, 1.82) is 0 Å². The smallest absolute Gasteiger partial charge is 0.319 e. The maximum absolute atomic E-state index is 16.5. The fourth-order valence-corrected chi connectivity index (χ4v) is 7.77. The van der Waals surface area contributed by atoms with Gasteiger partial charge in [-0.3, -0.25) is 4.90 Å². The first-order valence-corrected chi connectivity index (χ1v) is 14.6. The van der Waals surface area contributed by atoms with Crippen LogP contribution >= 0.6 is 0 Å². The molecule has 9 heteroatoms. The molecule has 2 aromatic heterocycles. The molecule has 40 heavy (non-hydrogen) atoms. The molecule has 208 valence electrons. The van der Waals surface area contributed by atoms with Crippen LogP contribution in [0.15, 0.2) is 30.5 Å². The van der Waals surface area contributed by atoms with Gasteiger partial charge in [-0.2, -0.15) is 9.97 Å². The molecule has 2 atom stereocenters. The lowest BCUT2D eigenvalue weighted by Crippen LogP contribution is -2.51. The molecule has 0 radical (unpaired) electrons. The second-order valence-corrected chi connectivity index (χ2v) is 12.2. The van der Waals surface area contributed by atoms with E-state index >= 15 is 8.78 Å². The highest BCUT2D eigenvalue weighted by molar-refractivity contribution is 6.00.